The zero-order valence-electron chi connectivity index (χ0n) is 8.41. The van der Waals surface area contributed by atoms with E-state index in [9.17, 15) is 0 Å². The summed E-state index contributed by atoms with van der Waals surface area (Å²) >= 11 is 0. The molecule has 0 bridgehead atoms. The lowest BCUT2D eigenvalue weighted by Crippen LogP contribution is -2.49. The van der Waals surface area contributed by atoms with Gasteiger partial charge in [-0.2, -0.15) is 0 Å². The van der Waals surface area contributed by atoms with E-state index >= 15 is 0 Å². The normalized spacial score (nSPS) is 24.9. The molecule has 0 aromatic carbocycles. The van der Waals surface area contributed by atoms with Crippen molar-refractivity contribution in [2.45, 2.75) is 18.9 Å². The molecule has 2 rings (SSSR count). The quantitative estimate of drug-likeness (QED) is 0.741. The first-order valence-corrected chi connectivity index (χ1v) is 4.99. The molecule has 0 amide bonds. The standard InChI is InChI=1S/C9H18N2O.2ClH/c1-7-12-8-2-9(1)11-5-3-10-4-6-11;;/h9-10H,1-8H2;2*1H. The van der Waals surface area contributed by atoms with Gasteiger partial charge in [0.1, 0.15) is 0 Å². The summed E-state index contributed by atoms with van der Waals surface area (Å²) < 4.78 is 5.35. The van der Waals surface area contributed by atoms with Crippen LogP contribution in [0.15, 0.2) is 0 Å². The minimum Gasteiger partial charge on any atom is -0.381 e. The molecule has 5 heteroatoms. The van der Waals surface area contributed by atoms with Crippen LogP contribution in [0.1, 0.15) is 12.8 Å². The Balaban J connectivity index is 0.000000845. The Labute approximate surface area is 98.4 Å². The largest absolute Gasteiger partial charge is 0.381 e. The third kappa shape index (κ3) is 3.91. The molecular formula is C9H20Cl2N2O. The number of halogens is 2. The van der Waals surface area contributed by atoms with Crippen LogP contribution in [0.5, 0.6) is 0 Å². The van der Waals surface area contributed by atoms with E-state index < -0.39 is 0 Å². The van der Waals surface area contributed by atoms with E-state index in [2.05, 4.69) is 10.2 Å². The first-order chi connectivity index (χ1) is 5.97. The molecule has 0 spiro atoms. The summed E-state index contributed by atoms with van der Waals surface area (Å²) in [5.74, 6) is 0. The highest BCUT2D eigenvalue weighted by Gasteiger charge is 2.22. The molecule has 2 saturated heterocycles. The van der Waals surface area contributed by atoms with E-state index in [0.29, 0.717) is 0 Å². The van der Waals surface area contributed by atoms with Gasteiger partial charge in [-0.3, -0.25) is 4.90 Å². The van der Waals surface area contributed by atoms with Crippen LogP contribution in [0, 0.1) is 0 Å². The molecule has 0 aliphatic carbocycles. The minimum absolute atomic E-state index is 0. The summed E-state index contributed by atoms with van der Waals surface area (Å²) in [7, 11) is 0. The Bertz CT molecular complexity index is 121. The molecule has 0 atom stereocenters. The van der Waals surface area contributed by atoms with Gasteiger partial charge in [0.2, 0.25) is 0 Å². The van der Waals surface area contributed by atoms with Crippen molar-refractivity contribution in [1.82, 2.24) is 10.2 Å². The number of nitrogens with one attached hydrogen (secondary N) is 1. The lowest BCUT2D eigenvalue weighted by Gasteiger charge is -2.36. The molecule has 1 N–H and O–H groups in total. The van der Waals surface area contributed by atoms with Crippen LogP contribution >= 0.6 is 24.8 Å². The van der Waals surface area contributed by atoms with Gasteiger partial charge in [0.05, 0.1) is 0 Å². The van der Waals surface area contributed by atoms with Crippen LogP contribution in [-0.4, -0.2) is 50.3 Å². The van der Waals surface area contributed by atoms with Crippen LogP contribution in [0.2, 0.25) is 0 Å². The van der Waals surface area contributed by atoms with Gasteiger partial charge >= 0.3 is 0 Å². The van der Waals surface area contributed by atoms with Gasteiger partial charge in [0, 0.05) is 45.4 Å². The SMILES string of the molecule is C1CN(C2CCOCC2)CCN1.Cl.Cl. The predicted octanol–water partition coefficient (Wildman–Crippen LogP) is 0.914. The fourth-order valence-corrected chi connectivity index (χ4v) is 2.10. The van der Waals surface area contributed by atoms with E-state index in [1.165, 1.54) is 25.9 Å². The third-order valence-electron chi connectivity index (χ3n) is 2.86. The number of piperazine rings is 1. The zero-order valence-corrected chi connectivity index (χ0v) is 10.0. The molecule has 2 aliphatic rings. The second-order valence-electron chi connectivity index (χ2n) is 3.63. The highest BCUT2D eigenvalue weighted by molar-refractivity contribution is 5.85. The highest BCUT2D eigenvalue weighted by Crippen LogP contribution is 2.14. The van der Waals surface area contributed by atoms with Crippen molar-refractivity contribution in [1.29, 1.82) is 0 Å². The molecule has 3 nitrogen and oxygen atoms in total. The van der Waals surface area contributed by atoms with Gasteiger partial charge in [0.15, 0.2) is 0 Å². The highest BCUT2D eigenvalue weighted by atomic mass is 35.5. The average Bonchev–Trinajstić information content (AvgIpc) is 2.21. The van der Waals surface area contributed by atoms with Gasteiger partial charge in [-0.15, -0.1) is 24.8 Å². The van der Waals surface area contributed by atoms with Crippen molar-refractivity contribution in [3.05, 3.63) is 0 Å². The number of ether oxygens (including phenoxy) is 1. The molecular weight excluding hydrogens is 223 g/mol. The summed E-state index contributed by atoms with van der Waals surface area (Å²) in [4.78, 5) is 2.61. The van der Waals surface area contributed by atoms with Crippen LogP contribution in [0.3, 0.4) is 0 Å². The summed E-state index contributed by atoms with van der Waals surface area (Å²) in [5.41, 5.74) is 0. The van der Waals surface area contributed by atoms with Crippen molar-refractivity contribution in [3.63, 3.8) is 0 Å². The fourth-order valence-electron chi connectivity index (χ4n) is 2.10. The number of rotatable bonds is 1. The maximum Gasteiger partial charge on any atom is 0.0480 e. The number of hydrogen-bond donors (Lipinski definition) is 1. The number of hydrogen-bond acceptors (Lipinski definition) is 3. The van der Waals surface area contributed by atoms with Crippen molar-refractivity contribution in [3.8, 4) is 0 Å². The Kier molecular flexibility index (Phi) is 7.97. The fraction of sp³-hybridized carbons (Fsp3) is 1.00. The molecule has 2 fully saturated rings. The van der Waals surface area contributed by atoms with E-state index in [-0.39, 0.29) is 24.8 Å². The first-order valence-electron chi connectivity index (χ1n) is 4.99. The van der Waals surface area contributed by atoms with Gasteiger partial charge in [-0.05, 0) is 12.8 Å². The lowest BCUT2D eigenvalue weighted by atomic mass is 10.1. The molecule has 0 aromatic heterocycles. The van der Waals surface area contributed by atoms with Gasteiger partial charge in [0.25, 0.3) is 0 Å². The smallest absolute Gasteiger partial charge is 0.0480 e. The molecule has 0 unspecified atom stereocenters. The molecule has 2 aliphatic heterocycles. The Morgan fingerprint density at radius 1 is 1.00 bits per heavy atom. The van der Waals surface area contributed by atoms with Crippen LogP contribution in [0.4, 0.5) is 0 Å². The second-order valence-corrected chi connectivity index (χ2v) is 3.63. The van der Waals surface area contributed by atoms with Crippen molar-refractivity contribution in [2.75, 3.05) is 39.4 Å². The summed E-state index contributed by atoms with van der Waals surface area (Å²) in [6, 6.07) is 0.806. The zero-order chi connectivity index (χ0) is 8.23. The van der Waals surface area contributed by atoms with Gasteiger partial charge in [-0.25, -0.2) is 0 Å². The van der Waals surface area contributed by atoms with Gasteiger partial charge in [-0.1, -0.05) is 0 Å². The van der Waals surface area contributed by atoms with E-state index in [1.54, 1.807) is 0 Å². The van der Waals surface area contributed by atoms with Crippen molar-refractivity contribution >= 4 is 24.8 Å². The maximum atomic E-state index is 5.35. The van der Waals surface area contributed by atoms with Gasteiger partial charge < -0.3 is 10.1 Å². The lowest BCUT2D eigenvalue weighted by molar-refractivity contribution is 0.0299. The summed E-state index contributed by atoms with van der Waals surface area (Å²) in [5, 5.41) is 3.38. The van der Waals surface area contributed by atoms with E-state index in [0.717, 1.165) is 32.3 Å². The van der Waals surface area contributed by atoms with E-state index in [4.69, 9.17) is 4.74 Å². The van der Waals surface area contributed by atoms with E-state index in [1.807, 2.05) is 0 Å². The second kappa shape index (κ2) is 7.71. The molecule has 0 radical (unpaired) electrons. The van der Waals surface area contributed by atoms with Crippen molar-refractivity contribution in [2.24, 2.45) is 0 Å². The Morgan fingerprint density at radius 3 is 2.14 bits per heavy atom. The molecule has 2 heterocycles. The molecule has 86 valence electrons. The molecule has 0 aromatic rings. The average molecular weight is 243 g/mol. The maximum absolute atomic E-state index is 5.35. The Morgan fingerprint density at radius 2 is 1.57 bits per heavy atom. The van der Waals surface area contributed by atoms with Crippen LogP contribution in [-0.2, 0) is 4.74 Å². The summed E-state index contributed by atoms with van der Waals surface area (Å²) in [6.45, 7) is 6.72. The minimum atomic E-state index is 0. The van der Waals surface area contributed by atoms with Crippen LogP contribution < -0.4 is 5.32 Å². The first kappa shape index (κ1) is 14.5. The Hall–Kier alpha value is 0.460. The summed E-state index contributed by atoms with van der Waals surface area (Å²) in [6.07, 6.45) is 2.47. The predicted molar refractivity (Wildman–Crippen MR) is 62.8 cm³/mol. The molecule has 0 saturated carbocycles. The third-order valence-corrected chi connectivity index (χ3v) is 2.86. The van der Waals surface area contributed by atoms with Crippen molar-refractivity contribution < 1.29 is 4.74 Å². The monoisotopic (exact) mass is 242 g/mol. The number of nitrogens with zero attached hydrogens (tertiary/aromatic N) is 1. The topological polar surface area (TPSA) is 24.5 Å². The van der Waals surface area contributed by atoms with Crippen LogP contribution in [0.25, 0.3) is 0 Å². The molecule has 14 heavy (non-hydrogen) atoms.